The Balaban J connectivity index is -0.000000845. The third kappa shape index (κ3) is 8.08. The van der Waals surface area contributed by atoms with E-state index in [9.17, 15) is 26.0 Å². The van der Waals surface area contributed by atoms with Crippen LogP contribution < -0.4 is 18.9 Å². The Hall–Kier alpha value is 0.227. The minimum absolute atomic E-state index is 0. The molecule has 0 bridgehead atoms. The van der Waals surface area contributed by atoms with E-state index in [1.165, 1.54) is 0 Å². The van der Waals surface area contributed by atoms with Gasteiger partial charge in [-0.2, -0.15) is 8.42 Å². The molecule has 0 heterocycles. The second kappa shape index (κ2) is 7.49. The molecule has 1 N–H and O–H groups in total. The average molecular weight is 246 g/mol. The van der Waals surface area contributed by atoms with E-state index >= 15 is 0 Å². The van der Waals surface area contributed by atoms with Crippen LogP contribution in [0.4, 0.5) is 17.6 Å². The fourth-order valence-corrected chi connectivity index (χ4v) is 1.37. The van der Waals surface area contributed by atoms with Crippen LogP contribution in [0.5, 0.6) is 0 Å². The number of hydrogen-bond donors (Lipinski definition) is 1. The van der Waals surface area contributed by atoms with E-state index in [1.54, 1.807) is 0 Å². The number of hydrogen-bond acceptors (Lipinski definition) is 2. The van der Waals surface area contributed by atoms with E-state index in [0.717, 1.165) is 0 Å². The van der Waals surface area contributed by atoms with Crippen LogP contribution in [0.2, 0.25) is 0 Å². The predicted octanol–water partition coefficient (Wildman–Crippen LogP) is -1.64. The molecule has 0 aromatic rings. The maximum Gasteiger partial charge on any atom is 1.00 e. The second-order valence-electron chi connectivity index (χ2n) is 2.70. The van der Waals surface area contributed by atoms with Gasteiger partial charge in [0.05, 0.1) is 6.67 Å². The summed E-state index contributed by atoms with van der Waals surface area (Å²) in [5.41, 5.74) is 0. The molecule has 0 aliphatic carbocycles. The van der Waals surface area contributed by atoms with Crippen molar-refractivity contribution < 1.29 is 50.8 Å². The predicted molar refractivity (Wildman–Crippen MR) is 42.8 cm³/mol. The molecule has 0 spiro atoms. The van der Waals surface area contributed by atoms with E-state index in [2.05, 4.69) is 0 Å². The van der Waals surface area contributed by atoms with E-state index in [1.807, 2.05) is 0 Å². The molecule has 0 aliphatic heterocycles. The Kier molecular flexibility index (Phi) is 8.80. The van der Waals surface area contributed by atoms with Gasteiger partial charge in [0.2, 0.25) is 0 Å². The van der Waals surface area contributed by atoms with Gasteiger partial charge in [0.1, 0.15) is 11.9 Å². The van der Waals surface area contributed by atoms with Crippen LogP contribution in [-0.4, -0.2) is 43.9 Å². The van der Waals surface area contributed by atoms with Gasteiger partial charge in [0, 0.05) is 6.42 Å². The van der Waals surface area contributed by atoms with Crippen molar-refractivity contribution in [1.82, 2.24) is 0 Å². The van der Waals surface area contributed by atoms with Gasteiger partial charge in [-0.1, -0.05) is 0 Å². The first-order chi connectivity index (χ1) is 6.28. The Bertz CT molecular complexity index is 266. The van der Waals surface area contributed by atoms with Gasteiger partial charge in [0.25, 0.3) is 10.1 Å². The van der Waals surface area contributed by atoms with Crippen LogP contribution >= 0.6 is 0 Å². The first-order valence-corrected chi connectivity index (χ1v) is 5.32. The average Bonchev–Trinajstić information content (AvgIpc) is 2.00. The van der Waals surface area contributed by atoms with Crippen molar-refractivity contribution >= 4 is 10.1 Å². The van der Waals surface area contributed by atoms with Crippen molar-refractivity contribution in [1.29, 1.82) is 0 Å². The fraction of sp³-hybridized carbons (Fsp3) is 1.00. The Morgan fingerprint density at radius 2 is 1.67 bits per heavy atom. The smallest absolute Gasteiger partial charge is 1.00 e. The number of alkyl halides is 4. The standard InChI is InChI=1S/C6H10F4O3S.Li.H/c7-2-1-4(8)6(10)5(9)3-14(11,12)13;;/h4-6H,1-3H2,(H,11,12,13);;/q;+1;-1. The van der Waals surface area contributed by atoms with Crippen LogP contribution in [0, 0.1) is 0 Å². The second-order valence-corrected chi connectivity index (χ2v) is 4.20. The molecule has 9 heteroatoms. The van der Waals surface area contributed by atoms with Gasteiger partial charge in [-0.15, -0.1) is 0 Å². The largest absolute Gasteiger partial charge is 1.00 e. The monoisotopic (exact) mass is 246 g/mol. The zero-order chi connectivity index (χ0) is 11.4. The molecule has 0 aromatic heterocycles. The summed E-state index contributed by atoms with van der Waals surface area (Å²) in [5, 5.41) is 0. The molecule has 0 rings (SSSR count). The summed E-state index contributed by atoms with van der Waals surface area (Å²) in [6, 6.07) is 0. The van der Waals surface area contributed by atoms with Crippen molar-refractivity contribution in [3.05, 3.63) is 0 Å². The van der Waals surface area contributed by atoms with Gasteiger partial charge < -0.3 is 1.43 Å². The molecule has 15 heavy (non-hydrogen) atoms. The molecule has 0 fully saturated rings. The summed E-state index contributed by atoms with van der Waals surface area (Å²) in [5.74, 6) is -1.53. The molecule has 3 atom stereocenters. The SMILES string of the molecule is O=S(=O)(O)CC(F)C(F)C(F)CCF.[H-].[Li+]. The third-order valence-corrected chi connectivity index (χ3v) is 2.19. The number of rotatable bonds is 6. The molecule has 3 unspecified atom stereocenters. The minimum atomic E-state index is -4.69. The summed E-state index contributed by atoms with van der Waals surface area (Å²) in [4.78, 5) is 0. The van der Waals surface area contributed by atoms with Crippen molar-refractivity contribution in [2.45, 2.75) is 24.9 Å². The van der Waals surface area contributed by atoms with Crippen molar-refractivity contribution in [3.8, 4) is 0 Å². The maximum atomic E-state index is 12.6. The van der Waals surface area contributed by atoms with Crippen molar-refractivity contribution in [2.75, 3.05) is 12.4 Å². The summed E-state index contributed by atoms with van der Waals surface area (Å²) in [6.45, 7) is -1.17. The van der Waals surface area contributed by atoms with Crippen LogP contribution in [0.25, 0.3) is 0 Å². The molecular formula is C6H11F4LiO3S. The molecule has 88 valence electrons. The molecule has 0 saturated carbocycles. The summed E-state index contributed by atoms with van der Waals surface area (Å²) >= 11 is 0. The summed E-state index contributed by atoms with van der Waals surface area (Å²) in [6.07, 6.45) is -8.68. The first-order valence-electron chi connectivity index (χ1n) is 3.71. The Morgan fingerprint density at radius 3 is 2.00 bits per heavy atom. The topological polar surface area (TPSA) is 54.4 Å². The third-order valence-electron chi connectivity index (χ3n) is 1.45. The molecule has 0 saturated heterocycles. The van der Waals surface area contributed by atoms with E-state index in [4.69, 9.17) is 4.55 Å². The maximum absolute atomic E-state index is 12.6. The normalized spacial score (nSPS) is 17.7. The van der Waals surface area contributed by atoms with Gasteiger partial charge >= 0.3 is 18.9 Å². The van der Waals surface area contributed by atoms with Crippen LogP contribution in [0.15, 0.2) is 0 Å². The molecular weight excluding hydrogens is 235 g/mol. The molecule has 0 amide bonds. The van der Waals surface area contributed by atoms with Gasteiger partial charge in [-0.05, 0) is 0 Å². The summed E-state index contributed by atoms with van der Waals surface area (Å²) in [7, 11) is -4.69. The van der Waals surface area contributed by atoms with E-state index in [0.29, 0.717) is 0 Å². The van der Waals surface area contributed by atoms with E-state index in [-0.39, 0.29) is 20.3 Å². The summed E-state index contributed by atoms with van der Waals surface area (Å²) < 4.78 is 77.5. The van der Waals surface area contributed by atoms with Gasteiger partial charge in [-0.25, -0.2) is 13.2 Å². The van der Waals surface area contributed by atoms with E-state index < -0.39 is 47.5 Å². The van der Waals surface area contributed by atoms with Crippen LogP contribution in [-0.2, 0) is 10.1 Å². The van der Waals surface area contributed by atoms with Crippen LogP contribution in [0.1, 0.15) is 7.85 Å². The minimum Gasteiger partial charge on any atom is -1.00 e. The van der Waals surface area contributed by atoms with Crippen LogP contribution in [0.3, 0.4) is 0 Å². The fourth-order valence-electron chi connectivity index (χ4n) is 0.783. The molecule has 0 aromatic carbocycles. The Morgan fingerprint density at radius 1 is 1.20 bits per heavy atom. The molecule has 3 nitrogen and oxygen atoms in total. The number of halogens is 4. The van der Waals surface area contributed by atoms with Gasteiger partial charge in [0.15, 0.2) is 12.3 Å². The van der Waals surface area contributed by atoms with Crippen molar-refractivity contribution in [3.63, 3.8) is 0 Å². The Labute approximate surface area is 98.6 Å². The molecule has 0 radical (unpaired) electrons. The molecule has 0 aliphatic rings. The van der Waals surface area contributed by atoms with Crippen molar-refractivity contribution in [2.24, 2.45) is 0 Å². The zero-order valence-corrected chi connectivity index (χ0v) is 8.85. The first kappa shape index (κ1) is 17.6. The van der Waals surface area contributed by atoms with Gasteiger partial charge in [-0.3, -0.25) is 8.94 Å². The quantitative estimate of drug-likeness (QED) is 0.347. The zero-order valence-electron chi connectivity index (χ0n) is 9.04.